The molecule has 0 saturated heterocycles. The second-order valence-electron chi connectivity index (χ2n) is 6.46. The van der Waals surface area contributed by atoms with Gasteiger partial charge in [-0.25, -0.2) is 0 Å². The van der Waals surface area contributed by atoms with Crippen molar-refractivity contribution < 1.29 is 9.53 Å². The predicted molar refractivity (Wildman–Crippen MR) is 98.5 cm³/mol. The van der Waals surface area contributed by atoms with Gasteiger partial charge in [-0.3, -0.25) is 4.79 Å². The van der Waals surface area contributed by atoms with Gasteiger partial charge in [0.2, 0.25) is 5.91 Å². The Labute approximate surface area is 145 Å². The van der Waals surface area contributed by atoms with Gasteiger partial charge in [0.15, 0.2) is 0 Å². The smallest absolute Gasteiger partial charge is 0.220 e. The molecule has 0 aliphatic rings. The minimum atomic E-state index is -0.0168. The molecule has 0 aromatic heterocycles. The topological polar surface area (TPSA) is 38.3 Å². The van der Waals surface area contributed by atoms with Crippen molar-refractivity contribution >= 4 is 5.91 Å². The van der Waals surface area contributed by atoms with Gasteiger partial charge in [-0.15, -0.1) is 0 Å². The fourth-order valence-corrected chi connectivity index (χ4v) is 2.54. The summed E-state index contributed by atoms with van der Waals surface area (Å²) in [5.41, 5.74) is 4.86. The summed E-state index contributed by atoms with van der Waals surface area (Å²) >= 11 is 0. The largest absolute Gasteiger partial charge is 0.491 e. The number of rotatable bonds is 7. The van der Waals surface area contributed by atoms with Gasteiger partial charge in [0.1, 0.15) is 12.4 Å². The Morgan fingerprint density at radius 3 is 2.50 bits per heavy atom. The van der Waals surface area contributed by atoms with Crippen LogP contribution < -0.4 is 10.1 Å². The molecule has 1 atom stereocenters. The van der Waals surface area contributed by atoms with Crippen LogP contribution in [0.5, 0.6) is 5.75 Å². The third-order valence-corrected chi connectivity index (χ3v) is 4.20. The molecule has 0 spiro atoms. The molecule has 0 bridgehead atoms. The first-order valence-electron chi connectivity index (χ1n) is 8.49. The fourth-order valence-electron chi connectivity index (χ4n) is 2.54. The SMILES string of the molecule is Cc1ccc(CCC(=O)N[C@@H](C)COc2ccccc2C)cc1C. The molecule has 0 radical (unpaired) electrons. The Bertz CT molecular complexity index is 694. The molecule has 2 aromatic carbocycles. The van der Waals surface area contributed by atoms with Crippen molar-refractivity contribution in [3.63, 3.8) is 0 Å². The number of ether oxygens (including phenoxy) is 1. The van der Waals surface area contributed by atoms with Gasteiger partial charge in [-0.05, 0) is 62.4 Å². The van der Waals surface area contributed by atoms with Crippen molar-refractivity contribution in [1.29, 1.82) is 0 Å². The molecule has 0 fully saturated rings. The van der Waals surface area contributed by atoms with E-state index in [1.807, 2.05) is 38.1 Å². The lowest BCUT2D eigenvalue weighted by atomic mass is 10.0. The van der Waals surface area contributed by atoms with Crippen LogP contribution in [0.4, 0.5) is 0 Å². The maximum Gasteiger partial charge on any atom is 0.220 e. The lowest BCUT2D eigenvalue weighted by Gasteiger charge is -2.16. The summed E-state index contributed by atoms with van der Waals surface area (Å²) in [6, 6.07) is 14.3. The molecule has 24 heavy (non-hydrogen) atoms. The Morgan fingerprint density at radius 1 is 1.04 bits per heavy atom. The average molecular weight is 325 g/mol. The monoisotopic (exact) mass is 325 g/mol. The second-order valence-corrected chi connectivity index (χ2v) is 6.46. The van der Waals surface area contributed by atoms with Crippen molar-refractivity contribution in [2.24, 2.45) is 0 Å². The molecule has 128 valence electrons. The molecular weight excluding hydrogens is 298 g/mol. The summed E-state index contributed by atoms with van der Waals surface area (Å²) in [5.74, 6) is 0.933. The highest BCUT2D eigenvalue weighted by Gasteiger charge is 2.09. The maximum atomic E-state index is 12.1. The number of carbonyl (C=O) groups is 1. The highest BCUT2D eigenvalue weighted by molar-refractivity contribution is 5.76. The highest BCUT2D eigenvalue weighted by Crippen LogP contribution is 2.16. The van der Waals surface area contributed by atoms with Crippen LogP contribution in [0.15, 0.2) is 42.5 Å². The zero-order valence-corrected chi connectivity index (χ0v) is 15.1. The summed E-state index contributed by atoms with van der Waals surface area (Å²) in [6.07, 6.45) is 1.26. The number of aryl methyl sites for hydroxylation is 4. The van der Waals surface area contributed by atoms with E-state index in [2.05, 4.69) is 37.4 Å². The normalized spacial score (nSPS) is 11.8. The molecule has 1 N–H and O–H groups in total. The van der Waals surface area contributed by atoms with Crippen LogP contribution in [0.2, 0.25) is 0 Å². The van der Waals surface area contributed by atoms with Crippen LogP contribution in [0.25, 0.3) is 0 Å². The van der Waals surface area contributed by atoms with Crippen LogP contribution in [-0.2, 0) is 11.2 Å². The molecule has 1 amide bonds. The molecule has 0 aliphatic heterocycles. The van der Waals surface area contributed by atoms with Gasteiger partial charge in [-0.1, -0.05) is 36.4 Å². The molecule has 2 aromatic rings. The van der Waals surface area contributed by atoms with E-state index in [0.29, 0.717) is 13.0 Å². The standard InChI is InChI=1S/C21H27NO2/c1-15-9-10-19(13-17(15)3)11-12-21(23)22-18(4)14-24-20-8-6-5-7-16(20)2/h5-10,13,18H,11-12,14H2,1-4H3,(H,22,23)/t18-/m0/s1. The first-order chi connectivity index (χ1) is 11.5. The van der Waals surface area contributed by atoms with Crippen LogP contribution in [0.1, 0.15) is 35.6 Å². The number of benzene rings is 2. The van der Waals surface area contributed by atoms with E-state index in [4.69, 9.17) is 4.74 Å². The molecule has 0 unspecified atom stereocenters. The molecule has 3 nitrogen and oxygen atoms in total. The van der Waals surface area contributed by atoms with Crippen molar-refractivity contribution in [1.82, 2.24) is 5.32 Å². The molecular formula is C21H27NO2. The summed E-state index contributed by atoms with van der Waals surface area (Å²) in [7, 11) is 0. The fraction of sp³-hybridized carbons (Fsp3) is 0.381. The summed E-state index contributed by atoms with van der Waals surface area (Å²) in [4.78, 5) is 12.1. The number of hydrogen-bond acceptors (Lipinski definition) is 2. The van der Waals surface area contributed by atoms with Crippen molar-refractivity contribution in [2.45, 2.75) is 46.6 Å². The minimum Gasteiger partial charge on any atom is -0.491 e. The van der Waals surface area contributed by atoms with E-state index >= 15 is 0 Å². The summed E-state index contributed by atoms with van der Waals surface area (Å²) < 4.78 is 5.78. The number of para-hydroxylation sites is 1. The molecule has 3 heteroatoms. The maximum absolute atomic E-state index is 12.1. The van der Waals surface area contributed by atoms with Gasteiger partial charge in [0.05, 0.1) is 6.04 Å². The second kappa shape index (κ2) is 8.53. The van der Waals surface area contributed by atoms with Gasteiger partial charge in [0, 0.05) is 6.42 Å². The van der Waals surface area contributed by atoms with Gasteiger partial charge in [-0.2, -0.15) is 0 Å². The van der Waals surface area contributed by atoms with E-state index < -0.39 is 0 Å². The third-order valence-electron chi connectivity index (χ3n) is 4.20. The van der Waals surface area contributed by atoms with Gasteiger partial charge < -0.3 is 10.1 Å². The van der Waals surface area contributed by atoms with Gasteiger partial charge in [0.25, 0.3) is 0 Å². The van der Waals surface area contributed by atoms with Crippen LogP contribution in [0, 0.1) is 20.8 Å². The van der Waals surface area contributed by atoms with E-state index in [-0.39, 0.29) is 11.9 Å². The van der Waals surface area contributed by atoms with Crippen molar-refractivity contribution in [3.05, 3.63) is 64.7 Å². The Morgan fingerprint density at radius 2 is 1.79 bits per heavy atom. The van der Waals surface area contributed by atoms with Crippen molar-refractivity contribution in [2.75, 3.05) is 6.61 Å². The first-order valence-corrected chi connectivity index (χ1v) is 8.49. The molecule has 2 rings (SSSR count). The first kappa shape index (κ1) is 18.1. The van der Waals surface area contributed by atoms with E-state index in [9.17, 15) is 4.79 Å². The zero-order valence-electron chi connectivity index (χ0n) is 15.1. The van der Waals surface area contributed by atoms with Crippen LogP contribution >= 0.6 is 0 Å². The summed E-state index contributed by atoms with van der Waals surface area (Å²) in [5, 5.41) is 3.00. The number of amides is 1. The van der Waals surface area contributed by atoms with Gasteiger partial charge >= 0.3 is 0 Å². The molecule has 0 heterocycles. The Hall–Kier alpha value is -2.29. The highest BCUT2D eigenvalue weighted by atomic mass is 16.5. The third kappa shape index (κ3) is 5.41. The Kier molecular flexibility index (Phi) is 6.42. The van der Waals surface area contributed by atoms with E-state index in [1.165, 1.54) is 16.7 Å². The number of nitrogens with one attached hydrogen (secondary N) is 1. The lowest BCUT2D eigenvalue weighted by molar-refractivity contribution is -0.121. The lowest BCUT2D eigenvalue weighted by Crippen LogP contribution is -2.36. The zero-order chi connectivity index (χ0) is 17.5. The average Bonchev–Trinajstić information content (AvgIpc) is 2.55. The number of hydrogen-bond donors (Lipinski definition) is 1. The van der Waals surface area contributed by atoms with Crippen LogP contribution in [0.3, 0.4) is 0 Å². The predicted octanol–water partition coefficient (Wildman–Crippen LogP) is 4.13. The Balaban J connectivity index is 1.75. The molecule has 0 saturated carbocycles. The minimum absolute atomic E-state index is 0.0168. The summed E-state index contributed by atoms with van der Waals surface area (Å²) in [6.45, 7) is 8.65. The quantitative estimate of drug-likeness (QED) is 0.831. The van der Waals surface area contributed by atoms with E-state index in [1.54, 1.807) is 0 Å². The van der Waals surface area contributed by atoms with Crippen LogP contribution in [-0.4, -0.2) is 18.6 Å². The van der Waals surface area contributed by atoms with E-state index in [0.717, 1.165) is 17.7 Å². The van der Waals surface area contributed by atoms with Crippen molar-refractivity contribution in [3.8, 4) is 5.75 Å². The number of carbonyl (C=O) groups excluding carboxylic acids is 1. The molecule has 0 aliphatic carbocycles.